The van der Waals surface area contributed by atoms with Crippen LogP contribution in [0.15, 0.2) is 15.9 Å². The van der Waals surface area contributed by atoms with Crippen molar-refractivity contribution in [1.29, 1.82) is 0 Å². The second kappa shape index (κ2) is 4.42. The van der Waals surface area contributed by atoms with Crippen LogP contribution in [0.5, 0.6) is 0 Å². The lowest BCUT2D eigenvalue weighted by Gasteiger charge is -1.91. The van der Waals surface area contributed by atoms with E-state index in [1.807, 2.05) is 23.1 Å². The van der Waals surface area contributed by atoms with Crippen LogP contribution in [0.2, 0.25) is 0 Å². The highest BCUT2D eigenvalue weighted by Crippen LogP contribution is 2.23. The zero-order valence-corrected chi connectivity index (χ0v) is 8.98. The molecule has 0 spiro atoms. The topological polar surface area (TPSA) is 0 Å². The van der Waals surface area contributed by atoms with Crippen molar-refractivity contribution in [1.82, 2.24) is 0 Å². The van der Waals surface area contributed by atoms with Gasteiger partial charge >= 0.3 is 0 Å². The minimum Gasteiger partial charge on any atom is -0.157 e. The first-order valence-corrected chi connectivity index (χ1v) is 5.96. The Morgan fingerprint density at radius 2 is 2.50 bits per heavy atom. The Hall–Kier alpha value is 0.530. The van der Waals surface area contributed by atoms with Gasteiger partial charge in [0.25, 0.3) is 0 Å². The molecule has 0 unspecified atom stereocenters. The van der Waals surface area contributed by atoms with Gasteiger partial charge in [-0.2, -0.15) is 11.8 Å². The first kappa shape index (κ1) is 8.62. The number of hydrogen-bond donors (Lipinski definition) is 0. The molecule has 0 aliphatic carbocycles. The second-order valence-electron chi connectivity index (χ2n) is 1.87. The Balaban J connectivity index is 2.42. The highest BCUT2D eigenvalue weighted by molar-refractivity contribution is 9.10. The van der Waals surface area contributed by atoms with Gasteiger partial charge in [0.05, 0.1) is 0 Å². The van der Waals surface area contributed by atoms with Gasteiger partial charge in [-0.1, -0.05) is 6.92 Å². The fourth-order valence-electron chi connectivity index (χ4n) is 0.632. The number of rotatable bonds is 3. The van der Waals surface area contributed by atoms with Crippen molar-refractivity contribution in [2.45, 2.75) is 12.7 Å². The Bertz CT molecular complexity index is 195. The minimum absolute atomic E-state index is 1.16. The van der Waals surface area contributed by atoms with Crippen LogP contribution in [0.4, 0.5) is 0 Å². The highest BCUT2D eigenvalue weighted by Gasteiger charge is 1.95. The monoisotopic (exact) mass is 236 g/mol. The molecule has 0 fully saturated rings. The molecule has 0 aliphatic heterocycles. The first-order chi connectivity index (χ1) is 4.83. The molecule has 0 atom stereocenters. The van der Waals surface area contributed by atoms with Crippen molar-refractivity contribution in [3.05, 3.63) is 20.8 Å². The average molecular weight is 237 g/mol. The molecule has 0 N–H and O–H groups in total. The predicted octanol–water partition coefficient (Wildman–Crippen LogP) is 3.76. The normalized spacial score (nSPS) is 10.2. The molecule has 0 bridgehead atoms. The Kier molecular flexibility index (Phi) is 3.81. The van der Waals surface area contributed by atoms with E-state index in [2.05, 4.69) is 34.3 Å². The molecule has 0 nitrogen and oxygen atoms in total. The van der Waals surface area contributed by atoms with Crippen LogP contribution in [-0.2, 0) is 5.75 Å². The van der Waals surface area contributed by atoms with Gasteiger partial charge < -0.3 is 0 Å². The fraction of sp³-hybridized carbons (Fsp3) is 0.429. The smallest absolute Gasteiger partial charge is 0.0285 e. The largest absolute Gasteiger partial charge is 0.157 e. The van der Waals surface area contributed by atoms with Gasteiger partial charge in [-0.05, 0) is 27.7 Å². The fourth-order valence-corrected chi connectivity index (χ4v) is 2.88. The lowest BCUT2D eigenvalue weighted by atomic mass is 10.5. The lowest BCUT2D eigenvalue weighted by Crippen LogP contribution is -1.71. The highest BCUT2D eigenvalue weighted by atomic mass is 79.9. The summed E-state index contributed by atoms with van der Waals surface area (Å²) in [6.07, 6.45) is 0. The zero-order chi connectivity index (χ0) is 7.40. The summed E-state index contributed by atoms with van der Waals surface area (Å²) in [7, 11) is 0. The van der Waals surface area contributed by atoms with E-state index in [-0.39, 0.29) is 0 Å². The third-order valence-electron chi connectivity index (χ3n) is 1.07. The Morgan fingerprint density at radius 3 is 3.00 bits per heavy atom. The zero-order valence-electron chi connectivity index (χ0n) is 5.76. The van der Waals surface area contributed by atoms with Crippen LogP contribution in [-0.4, -0.2) is 5.75 Å². The molecule has 0 aromatic carbocycles. The molecule has 0 saturated carbocycles. The Morgan fingerprint density at radius 1 is 1.70 bits per heavy atom. The van der Waals surface area contributed by atoms with E-state index >= 15 is 0 Å². The van der Waals surface area contributed by atoms with Crippen molar-refractivity contribution in [2.75, 3.05) is 5.75 Å². The van der Waals surface area contributed by atoms with Crippen LogP contribution in [0, 0.1) is 0 Å². The summed E-state index contributed by atoms with van der Waals surface area (Å²) in [5.74, 6) is 2.36. The van der Waals surface area contributed by atoms with Crippen LogP contribution >= 0.6 is 39.0 Å². The van der Waals surface area contributed by atoms with Crippen molar-refractivity contribution in [3.63, 3.8) is 0 Å². The molecule has 0 amide bonds. The molecular formula is C7H9BrS2. The minimum atomic E-state index is 1.16. The first-order valence-electron chi connectivity index (χ1n) is 3.13. The van der Waals surface area contributed by atoms with Crippen molar-refractivity contribution in [3.8, 4) is 0 Å². The number of thioether (sulfide) groups is 1. The van der Waals surface area contributed by atoms with Gasteiger partial charge in [-0.15, -0.1) is 11.3 Å². The quantitative estimate of drug-likeness (QED) is 0.771. The van der Waals surface area contributed by atoms with E-state index in [4.69, 9.17) is 0 Å². The maximum absolute atomic E-state index is 3.43. The van der Waals surface area contributed by atoms with E-state index < -0.39 is 0 Å². The summed E-state index contributed by atoms with van der Waals surface area (Å²) in [6, 6.07) is 2.19. The molecule has 1 aromatic heterocycles. The van der Waals surface area contributed by atoms with Gasteiger partial charge in [0.1, 0.15) is 0 Å². The molecule has 56 valence electrons. The predicted molar refractivity (Wildman–Crippen MR) is 53.9 cm³/mol. The third kappa shape index (κ3) is 2.64. The maximum atomic E-state index is 3.43. The summed E-state index contributed by atoms with van der Waals surface area (Å²) in [5.41, 5.74) is 0. The van der Waals surface area contributed by atoms with Gasteiger partial charge in [-0.25, -0.2) is 0 Å². The van der Waals surface area contributed by atoms with Gasteiger partial charge in [-0.3, -0.25) is 0 Å². The van der Waals surface area contributed by atoms with E-state index in [0.717, 1.165) is 5.75 Å². The molecule has 0 aliphatic rings. The van der Waals surface area contributed by atoms with E-state index in [0.29, 0.717) is 0 Å². The SMILES string of the molecule is CCSCc1cc(Br)cs1. The van der Waals surface area contributed by atoms with E-state index in [1.54, 1.807) is 0 Å². The van der Waals surface area contributed by atoms with Crippen LogP contribution in [0.25, 0.3) is 0 Å². The lowest BCUT2D eigenvalue weighted by molar-refractivity contribution is 1.47. The summed E-state index contributed by atoms with van der Waals surface area (Å²) in [5, 5.41) is 2.13. The third-order valence-corrected chi connectivity index (χ3v) is 3.87. The summed E-state index contributed by atoms with van der Waals surface area (Å²) in [6.45, 7) is 2.19. The van der Waals surface area contributed by atoms with Gasteiger partial charge in [0, 0.05) is 20.5 Å². The van der Waals surface area contributed by atoms with Gasteiger partial charge in [0.15, 0.2) is 0 Å². The maximum Gasteiger partial charge on any atom is 0.0285 e. The standard InChI is InChI=1S/C7H9BrS2/c1-2-9-5-7-3-6(8)4-10-7/h3-4H,2,5H2,1H3. The molecule has 10 heavy (non-hydrogen) atoms. The summed E-state index contributed by atoms with van der Waals surface area (Å²) >= 11 is 7.21. The van der Waals surface area contributed by atoms with Crippen LogP contribution in [0.3, 0.4) is 0 Å². The number of halogens is 1. The molecule has 3 heteroatoms. The molecule has 0 radical (unpaired) electrons. The van der Waals surface area contributed by atoms with Crippen LogP contribution < -0.4 is 0 Å². The molecule has 1 heterocycles. The molecule has 1 aromatic rings. The second-order valence-corrected chi connectivity index (χ2v) is 5.05. The number of hydrogen-bond acceptors (Lipinski definition) is 2. The van der Waals surface area contributed by atoms with Crippen molar-refractivity contribution >= 4 is 39.0 Å². The number of thiophene rings is 1. The molecule has 0 saturated heterocycles. The van der Waals surface area contributed by atoms with E-state index in [1.165, 1.54) is 15.1 Å². The Labute approximate surface area is 78.2 Å². The molecular weight excluding hydrogens is 228 g/mol. The van der Waals surface area contributed by atoms with Crippen molar-refractivity contribution in [2.24, 2.45) is 0 Å². The van der Waals surface area contributed by atoms with Gasteiger partial charge in [0.2, 0.25) is 0 Å². The molecule has 1 rings (SSSR count). The van der Waals surface area contributed by atoms with Crippen molar-refractivity contribution < 1.29 is 0 Å². The van der Waals surface area contributed by atoms with Crippen LogP contribution in [0.1, 0.15) is 11.8 Å². The summed E-state index contributed by atoms with van der Waals surface area (Å²) in [4.78, 5) is 1.46. The van der Waals surface area contributed by atoms with E-state index in [9.17, 15) is 0 Å². The summed E-state index contributed by atoms with van der Waals surface area (Å²) < 4.78 is 1.21. The average Bonchev–Trinajstić information content (AvgIpc) is 2.31.